The standard InChI is InChI=1S/C18H36N2/c1-5-15(19)16(17(2,3)4)20-13-11-18(12-14-20)9-7-6-8-10-18/h15-16H,5-14,19H2,1-4H3. The van der Waals surface area contributed by atoms with E-state index in [0.717, 1.165) is 6.42 Å². The van der Waals surface area contributed by atoms with E-state index in [1.807, 2.05) is 0 Å². The van der Waals surface area contributed by atoms with E-state index in [9.17, 15) is 0 Å². The van der Waals surface area contributed by atoms with Crippen molar-refractivity contribution in [3.05, 3.63) is 0 Å². The van der Waals surface area contributed by atoms with Crippen molar-refractivity contribution in [2.45, 2.75) is 91.1 Å². The van der Waals surface area contributed by atoms with Gasteiger partial charge in [0.05, 0.1) is 0 Å². The van der Waals surface area contributed by atoms with Crippen molar-refractivity contribution in [1.29, 1.82) is 0 Å². The zero-order valence-electron chi connectivity index (χ0n) is 14.3. The van der Waals surface area contributed by atoms with Gasteiger partial charge in [0.25, 0.3) is 0 Å². The van der Waals surface area contributed by atoms with Gasteiger partial charge in [-0.25, -0.2) is 0 Å². The predicted molar refractivity (Wildman–Crippen MR) is 87.8 cm³/mol. The van der Waals surface area contributed by atoms with Crippen molar-refractivity contribution in [3.8, 4) is 0 Å². The van der Waals surface area contributed by atoms with E-state index in [2.05, 4.69) is 32.6 Å². The second-order valence-corrected chi connectivity index (χ2v) is 8.48. The molecule has 2 fully saturated rings. The zero-order chi connectivity index (χ0) is 14.8. The summed E-state index contributed by atoms with van der Waals surface area (Å²) in [5.74, 6) is 0. The first kappa shape index (κ1) is 16.3. The minimum absolute atomic E-state index is 0.284. The van der Waals surface area contributed by atoms with Crippen molar-refractivity contribution in [1.82, 2.24) is 4.90 Å². The van der Waals surface area contributed by atoms with Gasteiger partial charge in [-0.15, -0.1) is 0 Å². The topological polar surface area (TPSA) is 29.3 Å². The van der Waals surface area contributed by atoms with Crippen LogP contribution in [0.1, 0.15) is 79.1 Å². The van der Waals surface area contributed by atoms with Gasteiger partial charge in [0.2, 0.25) is 0 Å². The molecule has 2 unspecified atom stereocenters. The molecule has 1 aliphatic heterocycles. The molecular weight excluding hydrogens is 244 g/mol. The van der Waals surface area contributed by atoms with E-state index in [-0.39, 0.29) is 5.41 Å². The third-order valence-corrected chi connectivity index (χ3v) is 5.93. The number of likely N-dealkylation sites (tertiary alicyclic amines) is 1. The molecule has 1 heterocycles. The molecule has 1 spiro atoms. The lowest BCUT2D eigenvalue weighted by Gasteiger charge is -2.50. The number of rotatable bonds is 3. The highest BCUT2D eigenvalue weighted by atomic mass is 15.2. The predicted octanol–water partition coefficient (Wildman–Crippen LogP) is 4.18. The van der Waals surface area contributed by atoms with Crippen LogP contribution in [0.3, 0.4) is 0 Å². The zero-order valence-corrected chi connectivity index (χ0v) is 14.3. The van der Waals surface area contributed by atoms with E-state index in [1.165, 1.54) is 58.0 Å². The van der Waals surface area contributed by atoms with E-state index < -0.39 is 0 Å². The lowest BCUT2D eigenvalue weighted by atomic mass is 9.67. The summed E-state index contributed by atoms with van der Waals surface area (Å²) >= 11 is 0. The molecule has 1 saturated heterocycles. The van der Waals surface area contributed by atoms with E-state index in [4.69, 9.17) is 5.73 Å². The van der Waals surface area contributed by atoms with Crippen molar-refractivity contribution < 1.29 is 0 Å². The van der Waals surface area contributed by atoms with Crippen LogP contribution in [0.5, 0.6) is 0 Å². The normalized spacial score (nSPS) is 27.4. The molecular formula is C18H36N2. The van der Waals surface area contributed by atoms with Crippen LogP contribution in [-0.2, 0) is 0 Å². The quantitative estimate of drug-likeness (QED) is 0.840. The van der Waals surface area contributed by atoms with Crippen molar-refractivity contribution in [2.75, 3.05) is 13.1 Å². The average molecular weight is 280 g/mol. The highest BCUT2D eigenvalue weighted by Crippen LogP contribution is 2.45. The second kappa shape index (κ2) is 6.36. The second-order valence-electron chi connectivity index (χ2n) is 8.48. The lowest BCUT2D eigenvalue weighted by molar-refractivity contribution is 0.00262. The molecule has 20 heavy (non-hydrogen) atoms. The molecule has 1 aliphatic carbocycles. The van der Waals surface area contributed by atoms with Gasteiger partial charge in [-0.05, 0) is 56.0 Å². The Kier molecular flexibility index (Phi) is 5.18. The lowest BCUT2D eigenvalue weighted by Crippen LogP contribution is -2.57. The summed E-state index contributed by atoms with van der Waals surface area (Å²) < 4.78 is 0. The van der Waals surface area contributed by atoms with E-state index in [1.54, 1.807) is 0 Å². The van der Waals surface area contributed by atoms with Gasteiger partial charge in [-0.3, -0.25) is 4.90 Å². The number of piperidine rings is 1. The van der Waals surface area contributed by atoms with Gasteiger partial charge in [-0.2, -0.15) is 0 Å². The molecule has 1 saturated carbocycles. The molecule has 118 valence electrons. The summed E-state index contributed by atoms with van der Waals surface area (Å²) in [6.07, 6.45) is 11.3. The largest absolute Gasteiger partial charge is 0.326 e. The van der Waals surface area contributed by atoms with Gasteiger partial charge in [-0.1, -0.05) is 47.0 Å². The van der Waals surface area contributed by atoms with Crippen molar-refractivity contribution in [2.24, 2.45) is 16.6 Å². The summed E-state index contributed by atoms with van der Waals surface area (Å²) in [6, 6.07) is 0.851. The first-order valence-corrected chi connectivity index (χ1v) is 8.88. The minimum atomic E-state index is 0.284. The van der Waals surface area contributed by atoms with Crippen LogP contribution in [0.4, 0.5) is 0 Å². The van der Waals surface area contributed by atoms with E-state index in [0.29, 0.717) is 17.5 Å². The summed E-state index contributed by atoms with van der Waals surface area (Å²) in [4.78, 5) is 2.72. The fraction of sp³-hybridized carbons (Fsp3) is 1.00. The molecule has 2 rings (SSSR count). The summed E-state index contributed by atoms with van der Waals surface area (Å²) in [6.45, 7) is 11.9. The summed E-state index contributed by atoms with van der Waals surface area (Å²) in [5.41, 5.74) is 7.45. The maximum Gasteiger partial charge on any atom is 0.0295 e. The van der Waals surface area contributed by atoms with Crippen LogP contribution in [0.25, 0.3) is 0 Å². The average Bonchev–Trinajstić information content (AvgIpc) is 2.41. The van der Waals surface area contributed by atoms with Crippen LogP contribution < -0.4 is 5.73 Å². The van der Waals surface area contributed by atoms with Crippen molar-refractivity contribution in [3.63, 3.8) is 0 Å². The van der Waals surface area contributed by atoms with Crippen LogP contribution in [-0.4, -0.2) is 30.1 Å². The van der Waals surface area contributed by atoms with Gasteiger partial charge in [0, 0.05) is 12.1 Å². The Balaban J connectivity index is 2.00. The van der Waals surface area contributed by atoms with Gasteiger partial charge >= 0.3 is 0 Å². The first-order chi connectivity index (χ1) is 9.38. The van der Waals surface area contributed by atoms with Crippen molar-refractivity contribution >= 4 is 0 Å². The third-order valence-electron chi connectivity index (χ3n) is 5.93. The number of nitrogens with zero attached hydrogens (tertiary/aromatic N) is 1. The highest BCUT2D eigenvalue weighted by Gasteiger charge is 2.41. The summed E-state index contributed by atoms with van der Waals surface area (Å²) in [7, 11) is 0. The van der Waals surface area contributed by atoms with Crippen LogP contribution in [0, 0.1) is 10.8 Å². The smallest absolute Gasteiger partial charge is 0.0295 e. The number of hydrogen-bond donors (Lipinski definition) is 1. The maximum absolute atomic E-state index is 6.46. The fourth-order valence-corrected chi connectivity index (χ4v) is 4.76. The molecule has 2 N–H and O–H groups in total. The third kappa shape index (κ3) is 3.57. The van der Waals surface area contributed by atoms with Gasteiger partial charge < -0.3 is 5.73 Å². The Bertz CT molecular complexity index is 289. The Morgan fingerprint density at radius 3 is 2.00 bits per heavy atom. The molecule has 0 aromatic rings. The molecule has 2 nitrogen and oxygen atoms in total. The molecule has 0 aromatic carbocycles. The molecule has 2 atom stereocenters. The molecule has 0 amide bonds. The van der Waals surface area contributed by atoms with Gasteiger partial charge in [0.1, 0.15) is 0 Å². The monoisotopic (exact) mass is 280 g/mol. The fourth-order valence-electron chi connectivity index (χ4n) is 4.76. The van der Waals surface area contributed by atoms with Crippen LogP contribution in [0.2, 0.25) is 0 Å². The van der Waals surface area contributed by atoms with Gasteiger partial charge in [0.15, 0.2) is 0 Å². The Labute approximate surface area is 126 Å². The SMILES string of the molecule is CCC(N)C(N1CCC2(CCCCC2)CC1)C(C)(C)C. The Morgan fingerprint density at radius 2 is 1.55 bits per heavy atom. The molecule has 0 aromatic heterocycles. The Hall–Kier alpha value is -0.0800. The molecule has 2 aliphatic rings. The summed E-state index contributed by atoms with van der Waals surface area (Å²) in [5, 5.41) is 0. The Morgan fingerprint density at radius 1 is 1.00 bits per heavy atom. The molecule has 2 heteroatoms. The van der Waals surface area contributed by atoms with E-state index >= 15 is 0 Å². The molecule has 0 radical (unpaired) electrons. The first-order valence-electron chi connectivity index (χ1n) is 8.88. The maximum atomic E-state index is 6.46. The highest BCUT2D eigenvalue weighted by molar-refractivity contribution is 4.96. The molecule has 0 bridgehead atoms. The minimum Gasteiger partial charge on any atom is -0.326 e. The van der Waals surface area contributed by atoms with Crippen LogP contribution in [0.15, 0.2) is 0 Å². The number of nitrogens with two attached hydrogens (primary N) is 1. The van der Waals surface area contributed by atoms with Crippen LogP contribution >= 0.6 is 0 Å². The number of hydrogen-bond acceptors (Lipinski definition) is 2.